The van der Waals surface area contributed by atoms with Gasteiger partial charge in [-0.1, -0.05) is 31.7 Å². The van der Waals surface area contributed by atoms with Crippen LogP contribution in [0.3, 0.4) is 0 Å². The second kappa shape index (κ2) is 5.34. The predicted molar refractivity (Wildman–Crippen MR) is 69.6 cm³/mol. The lowest BCUT2D eigenvalue weighted by molar-refractivity contribution is 0.621. The average Bonchev–Trinajstić information content (AvgIpc) is 2.76. The first-order valence-corrected chi connectivity index (χ1v) is 6.47. The molecule has 16 heavy (non-hydrogen) atoms. The molecule has 0 amide bonds. The van der Waals surface area contributed by atoms with E-state index in [1.54, 1.807) is 6.20 Å². The fourth-order valence-corrected chi connectivity index (χ4v) is 2.53. The number of thioether (sulfide) groups is 1. The monoisotopic (exact) mass is 235 g/mol. The minimum Gasteiger partial charge on any atom is -0.361 e. The van der Waals surface area contributed by atoms with Crippen LogP contribution in [0, 0.1) is 5.92 Å². The van der Waals surface area contributed by atoms with Gasteiger partial charge in [0, 0.05) is 24.2 Å². The van der Waals surface area contributed by atoms with Gasteiger partial charge in [-0.15, -0.1) is 0 Å². The fraction of sp³-hybridized carbons (Fsp3) is 0.500. The molecule has 2 heterocycles. The van der Waals surface area contributed by atoms with Crippen LogP contribution >= 0.6 is 11.8 Å². The molecule has 0 radical (unpaired) electrons. The molecule has 1 aliphatic heterocycles. The highest BCUT2D eigenvalue weighted by Gasteiger charge is 2.21. The van der Waals surface area contributed by atoms with E-state index >= 15 is 0 Å². The summed E-state index contributed by atoms with van der Waals surface area (Å²) in [6, 6.07) is 4.03. The van der Waals surface area contributed by atoms with Crippen molar-refractivity contribution in [1.82, 2.24) is 10.3 Å². The highest BCUT2D eigenvalue weighted by molar-refractivity contribution is 8.14. The molecule has 1 N–H and O–H groups in total. The molecule has 3 nitrogen and oxygen atoms in total. The van der Waals surface area contributed by atoms with Gasteiger partial charge in [0.1, 0.15) is 0 Å². The zero-order valence-electron chi connectivity index (χ0n) is 9.68. The SMILES string of the molecule is CC(C)C1CN=C(NCc2cccnc2)S1. The van der Waals surface area contributed by atoms with Gasteiger partial charge in [-0.05, 0) is 17.5 Å². The average molecular weight is 235 g/mol. The van der Waals surface area contributed by atoms with E-state index in [1.165, 1.54) is 5.56 Å². The molecule has 0 aromatic carbocycles. The lowest BCUT2D eigenvalue weighted by Crippen LogP contribution is -2.20. The Kier molecular flexibility index (Phi) is 3.83. The van der Waals surface area contributed by atoms with Crippen LogP contribution in [0.2, 0.25) is 0 Å². The first-order valence-electron chi connectivity index (χ1n) is 5.59. The normalized spacial score (nSPS) is 19.9. The Morgan fingerprint density at radius 1 is 1.56 bits per heavy atom. The smallest absolute Gasteiger partial charge is 0.157 e. The summed E-state index contributed by atoms with van der Waals surface area (Å²) in [5.41, 5.74) is 1.19. The van der Waals surface area contributed by atoms with E-state index in [0.29, 0.717) is 11.2 Å². The third kappa shape index (κ3) is 2.98. The van der Waals surface area contributed by atoms with Gasteiger partial charge in [-0.25, -0.2) is 0 Å². The molecule has 1 unspecified atom stereocenters. The van der Waals surface area contributed by atoms with E-state index in [2.05, 4.69) is 35.2 Å². The Balaban J connectivity index is 1.80. The number of aromatic nitrogens is 1. The van der Waals surface area contributed by atoms with Crippen molar-refractivity contribution in [1.29, 1.82) is 0 Å². The Morgan fingerprint density at radius 2 is 2.44 bits per heavy atom. The first kappa shape index (κ1) is 11.5. The third-order valence-corrected chi connectivity index (χ3v) is 4.08. The Hall–Kier alpha value is -1.03. The van der Waals surface area contributed by atoms with Crippen molar-refractivity contribution < 1.29 is 0 Å². The lowest BCUT2D eigenvalue weighted by Gasteiger charge is -2.12. The summed E-state index contributed by atoms with van der Waals surface area (Å²) >= 11 is 1.86. The van der Waals surface area contributed by atoms with Crippen LogP contribution in [0.15, 0.2) is 29.5 Å². The second-order valence-electron chi connectivity index (χ2n) is 4.26. The van der Waals surface area contributed by atoms with E-state index in [4.69, 9.17) is 0 Å². The van der Waals surface area contributed by atoms with Crippen molar-refractivity contribution in [3.63, 3.8) is 0 Å². The van der Waals surface area contributed by atoms with Crippen molar-refractivity contribution in [2.24, 2.45) is 10.9 Å². The van der Waals surface area contributed by atoms with Crippen molar-refractivity contribution in [2.45, 2.75) is 25.6 Å². The van der Waals surface area contributed by atoms with Crippen molar-refractivity contribution in [2.75, 3.05) is 6.54 Å². The number of rotatable bonds is 3. The van der Waals surface area contributed by atoms with Gasteiger partial charge in [-0.3, -0.25) is 9.98 Å². The molecule has 86 valence electrons. The van der Waals surface area contributed by atoms with Gasteiger partial charge in [0.25, 0.3) is 0 Å². The van der Waals surface area contributed by atoms with Crippen LogP contribution in [0.5, 0.6) is 0 Å². The topological polar surface area (TPSA) is 37.3 Å². The largest absolute Gasteiger partial charge is 0.361 e. The van der Waals surface area contributed by atoms with Crippen LogP contribution in [0.1, 0.15) is 19.4 Å². The fourth-order valence-electron chi connectivity index (χ4n) is 1.52. The summed E-state index contributed by atoms with van der Waals surface area (Å²) in [4.78, 5) is 8.59. The van der Waals surface area contributed by atoms with Crippen LogP contribution in [0.4, 0.5) is 0 Å². The molecule has 0 fully saturated rings. The maximum absolute atomic E-state index is 4.50. The van der Waals surface area contributed by atoms with E-state index in [-0.39, 0.29) is 0 Å². The Labute approximate surface area is 101 Å². The Morgan fingerprint density at radius 3 is 3.06 bits per heavy atom. The second-order valence-corrected chi connectivity index (χ2v) is 5.49. The van der Waals surface area contributed by atoms with Gasteiger partial charge in [0.15, 0.2) is 5.17 Å². The molecule has 1 aromatic rings. The van der Waals surface area contributed by atoms with Crippen LogP contribution < -0.4 is 5.32 Å². The minimum absolute atomic E-state index is 0.636. The highest BCUT2D eigenvalue weighted by atomic mass is 32.2. The maximum atomic E-state index is 4.50. The number of pyridine rings is 1. The van der Waals surface area contributed by atoms with Gasteiger partial charge in [0.05, 0.1) is 6.54 Å². The summed E-state index contributed by atoms with van der Waals surface area (Å²) in [5, 5.41) is 5.06. The summed E-state index contributed by atoms with van der Waals surface area (Å²) in [5.74, 6) is 0.687. The number of nitrogens with one attached hydrogen (secondary N) is 1. The van der Waals surface area contributed by atoms with E-state index < -0.39 is 0 Å². The summed E-state index contributed by atoms with van der Waals surface area (Å²) < 4.78 is 0. The van der Waals surface area contributed by atoms with Crippen molar-refractivity contribution >= 4 is 16.9 Å². The molecule has 0 aliphatic carbocycles. The predicted octanol–water partition coefficient (Wildman–Crippen LogP) is 2.30. The number of hydrogen-bond acceptors (Lipinski definition) is 4. The van der Waals surface area contributed by atoms with Gasteiger partial charge >= 0.3 is 0 Å². The molecule has 2 rings (SSSR count). The number of hydrogen-bond donors (Lipinski definition) is 1. The standard InChI is InChI=1S/C12H17N3S/c1-9(2)11-8-15-12(16-11)14-7-10-4-3-5-13-6-10/h3-6,9,11H,7-8H2,1-2H3,(H,14,15). The Bertz CT molecular complexity index is 362. The zero-order chi connectivity index (χ0) is 11.4. The van der Waals surface area contributed by atoms with Crippen molar-refractivity contribution in [3.8, 4) is 0 Å². The zero-order valence-corrected chi connectivity index (χ0v) is 10.5. The van der Waals surface area contributed by atoms with Crippen LogP contribution in [-0.4, -0.2) is 21.9 Å². The number of nitrogens with zero attached hydrogens (tertiary/aromatic N) is 2. The number of aliphatic imine (C=N–C) groups is 1. The highest BCUT2D eigenvalue weighted by Crippen LogP contribution is 2.25. The van der Waals surface area contributed by atoms with Gasteiger partial charge in [-0.2, -0.15) is 0 Å². The van der Waals surface area contributed by atoms with Gasteiger partial charge in [0.2, 0.25) is 0 Å². The molecular weight excluding hydrogens is 218 g/mol. The quantitative estimate of drug-likeness (QED) is 0.873. The molecule has 1 atom stereocenters. The molecular formula is C12H17N3S. The van der Waals surface area contributed by atoms with E-state index in [1.807, 2.05) is 24.0 Å². The molecule has 1 aromatic heterocycles. The summed E-state index contributed by atoms with van der Waals surface area (Å²) in [6.45, 7) is 6.25. The summed E-state index contributed by atoms with van der Waals surface area (Å²) in [6.07, 6.45) is 3.67. The molecule has 4 heteroatoms. The van der Waals surface area contributed by atoms with Gasteiger partial charge < -0.3 is 5.32 Å². The molecule has 0 spiro atoms. The first-order chi connectivity index (χ1) is 7.75. The van der Waals surface area contributed by atoms with Crippen LogP contribution in [0.25, 0.3) is 0 Å². The molecule has 1 aliphatic rings. The maximum Gasteiger partial charge on any atom is 0.157 e. The molecule has 0 bridgehead atoms. The lowest BCUT2D eigenvalue weighted by atomic mass is 10.1. The third-order valence-electron chi connectivity index (χ3n) is 2.59. The molecule has 0 saturated carbocycles. The van der Waals surface area contributed by atoms with E-state index in [9.17, 15) is 0 Å². The van der Waals surface area contributed by atoms with Crippen LogP contribution in [-0.2, 0) is 6.54 Å². The van der Waals surface area contributed by atoms with Crippen molar-refractivity contribution in [3.05, 3.63) is 30.1 Å². The minimum atomic E-state index is 0.636. The molecule has 0 saturated heterocycles. The van der Waals surface area contributed by atoms with E-state index in [0.717, 1.165) is 18.3 Å². The number of amidine groups is 1. The summed E-state index contributed by atoms with van der Waals surface area (Å²) in [7, 11) is 0.